The van der Waals surface area contributed by atoms with Gasteiger partial charge >= 0.3 is 6.09 Å². The van der Waals surface area contributed by atoms with Crippen LogP contribution in [0.15, 0.2) is 72.8 Å². The molecule has 0 spiro atoms. The monoisotopic (exact) mass is 339 g/mol. The first kappa shape index (κ1) is 18.7. The van der Waals surface area contributed by atoms with Crippen molar-refractivity contribution in [2.75, 3.05) is 0 Å². The van der Waals surface area contributed by atoms with Gasteiger partial charge in [0.25, 0.3) is 0 Å². The molecule has 2 aromatic carbocycles. The third kappa shape index (κ3) is 6.43. The van der Waals surface area contributed by atoms with Crippen LogP contribution in [0.1, 0.15) is 24.5 Å². The van der Waals surface area contributed by atoms with Gasteiger partial charge in [-0.25, -0.2) is 4.79 Å². The molecule has 0 saturated heterocycles. The van der Waals surface area contributed by atoms with Gasteiger partial charge in [0.2, 0.25) is 0 Å². The van der Waals surface area contributed by atoms with Crippen LogP contribution in [0, 0.1) is 0 Å². The van der Waals surface area contributed by atoms with Gasteiger partial charge in [-0.3, -0.25) is 0 Å². The van der Waals surface area contributed by atoms with Gasteiger partial charge in [0.15, 0.2) is 0 Å². The minimum absolute atomic E-state index is 0.196. The average Bonchev–Trinajstić information content (AvgIpc) is 2.64. The molecule has 2 unspecified atom stereocenters. The minimum Gasteiger partial charge on any atom is -0.445 e. The molecule has 0 aliphatic rings. The second-order valence-corrected chi connectivity index (χ2v) is 6.13. The first-order valence-corrected chi connectivity index (χ1v) is 8.41. The molecular formula is C21H25NO3. The first-order valence-electron chi connectivity index (χ1n) is 8.41. The van der Waals surface area contributed by atoms with Crippen molar-refractivity contribution >= 4 is 6.09 Å². The predicted molar refractivity (Wildman–Crippen MR) is 99.1 cm³/mol. The molecule has 1 amide bonds. The maximum absolute atomic E-state index is 12.1. The number of amides is 1. The van der Waals surface area contributed by atoms with Crippen molar-refractivity contribution in [2.24, 2.45) is 0 Å². The van der Waals surface area contributed by atoms with Crippen molar-refractivity contribution in [3.8, 4) is 0 Å². The molecule has 0 saturated carbocycles. The molecule has 2 atom stereocenters. The Balaban J connectivity index is 1.90. The lowest BCUT2D eigenvalue weighted by atomic mass is 9.98. The van der Waals surface area contributed by atoms with Crippen LogP contribution in [0.4, 0.5) is 4.79 Å². The fourth-order valence-electron chi connectivity index (χ4n) is 2.54. The summed E-state index contributed by atoms with van der Waals surface area (Å²) in [5.74, 6) is 0. The lowest BCUT2D eigenvalue weighted by Crippen LogP contribution is -2.44. The third-order valence-electron chi connectivity index (χ3n) is 3.99. The number of carbonyl (C=O) groups is 1. The topological polar surface area (TPSA) is 58.6 Å². The van der Waals surface area contributed by atoms with Gasteiger partial charge in [0, 0.05) is 0 Å². The van der Waals surface area contributed by atoms with Gasteiger partial charge in [0.05, 0.1) is 12.1 Å². The Labute approximate surface area is 149 Å². The molecule has 4 nitrogen and oxygen atoms in total. The molecule has 132 valence electrons. The van der Waals surface area contributed by atoms with E-state index in [1.54, 1.807) is 6.92 Å². The number of rotatable bonds is 8. The second kappa shape index (κ2) is 9.64. The summed E-state index contributed by atoms with van der Waals surface area (Å²) in [5, 5.41) is 13.1. The Morgan fingerprint density at radius 3 is 2.20 bits per heavy atom. The van der Waals surface area contributed by atoms with Crippen LogP contribution in [0.25, 0.3) is 0 Å². The van der Waals surface area contributed by atoms with Crippen molar-refractivity contribution in [3.63, 3.8) is 0 Å². The zero-order chi connectivity index (χ0) is 18.1. The fraction of sp³-hybridized carbons (Fsp3) is 0.286. The van der Waals surface area contributed by atoms with Gasteiger partial charge in [-0.1, -0.05) is 72.8 Å². The standard InChI is InChI=1S/C21H25NO3/c1-16(2)20(23)19(14-13-17-9-5-3-6-10-17)22-21(24)25-15-18-11-7-4-8-12-18/h3-12,19-20,23H,1,13-15H2,2H3,(H,22,24). The van der Waals surface area contributed by atoms with Crippen LogP contribution in [0.3, 0.4) is 0 Å². The summed E-state index contributed by atoms with van der Waals surface area (Å²) in [6.45, 7) is 5.73. The normalized spacial score (nSPS) is 12.9. The van der Waals surface area contributed by atoms with Crippen LogP contribution in [-0.4, -0.2) is 23.3 Å². The lowest BCUT2D eigenvalue weighted by molar-refractivity contribution is 0.113. The largest absolute Gasteiger partial charge is 0.445 e. The lowest BCUT2D eigenvalue weighted by Gasteiger charge is -2.24. The van der Waals surface area contributed by atoms with Crippen LogP contribution < -0.4 is 5.32 Å². The summed E-state index contributed by atoms with van der Waals surface area (Å²) in [6.07, 6.45) is -0.0111. The molecule has 0 bridgehead atoms. The molecule has 2 rings (SSSR count). The van der Waals surface area contributed by atoms with E-state index >= 15 is 0 Å². The Morgan fingerprint density at radius 1 is 1.08 bits per heavy atom. The van der Waals surface area contributed by atoms with Crippen LogP contribution >= 0.6 is 0 Å². The van der Waals surface area contributed by atoms with Crippen molar-refractivity contribution in [1.29, 1.82) is 0 Å². The number of carbonyl (C=O) groups excluding carboxylic acids is 1. The minimum atomic E-state index is -0.812. The predicted octanol–water partition coefficient (Wildman–Crippen LogP) is 3.85. The molecule has 0 fully saturated rings. The first-order chi connectivity index (χ1) is 12.1. The number of benzene rings is 2. The van der Waals surface area contributed by atoms with Crippen molar-refractivity contribution in [1.82, 2.24) is 5.32 Å². The smallest absolute Gasteiger partial charge is 0.407 e. The van der Waals surface area contributed by atoms with E-state index in [0.717, 1.165) is 17.5 Å². The molecule has 4 heteroatoms. The number of alkyl carbamates (subject to hydrolysis) is 1. The highest BCUT2D eigenvalue weighted by Gasteiger charge is 2.22. The quantitative estimate of drug-likeness (QED) is 0.718. The molecule has 0 heterocycles. The summed E-state index contributed by atoms with van der Waals surface area (Å²) in [6, 6.07) is 19.0. The SMILES string of the molecule is C=C(C)C(O)C(CCc1ccccc1)NC(=O)OCc1ccccc1. The van der Waals surface area contributed by atoms with E-state index in [-0.39, 0.29) is 6.61 Å². The summed E-state index contributed by atoms with van der Waals surface area (Å²) >= 11 is 0. The zero-order valence-corrected chi connectivity index (χ0v) is 14.5. The van der Waals surface area contributed by atoms with Gasteiger partial charge in [-0.2, -0.15) is 0 Å². The number of nitrogens with one attached hydrogen (secondary N) is 1. The van der Waals surface area contributed by atoms with Crippen LogP contribution in [0.2, 0.25) is 0 Å². The van der Waals surface area contributed by atoms with E-state index in [1.807, 2.05) is 60.7 Å². The highest BCUT2D eigenvalue weighted by Crippen LogP contribution is 2.12. The molecule has 0 radical (unpaired) electrons. The average molecular weight is 339 g/mol. The molecule has 0 aromatic heterocycles. The van der Waals surface area contributed by atoms with E-state index in [4.69, 9.17) is 4.74 Å². The maximum atomic E-state index is 12.1. The summed E-state index contributed by atoms with van der Waals surface area (Å²) in [4.78, 5) is 12.1. The third-order valence-corrected chi connectivity index (χ3v) is 3.99. The number of aliphatic hydroxyl groups is 1. The van der Waals surface area contributed by atoms with Gasteiger partial charge in [0.1, 0.15) is 6.61 Å². The number of hydrogen-bond acceptors (Lipinski definition) is 3. The zero-order valence-electron chi connectivity index (χ0n) is 14.5. The fourth-order valence-corrected chi connectivity index (χ4v) is 2.54. The maximum Gasteiger partial charge on any atom is 0.407 e. The molecule has 0 aliphatic heterocycles. The Morgan fingerprint density at radius 2 is 1.64 bits per heavy atom. The van der Waals surface area contributed by atoms with Crippen molar-refractivity contribution in [2.45, 2.75) is 38.5 Å². The number of aryl methyl sites for hydroxylation is 1. The summed E-state index contributed by atoms with van der Waals surface area (Å²) in [5.41, 5.74) is 2.68. The van der Waals surface area contributed by atoms with Crippen LogP contribution in [-0.2, 0) is 17.8 Å². The highest BCUT2D eigenvalue weighted by molar-refractivity contribution is 5.67. The van der Waals surface area contributed by atoms with E-state index < -0.39 is 18.2 Å². The van der Waals surface area contributed by atoms with E-state index in [1.165, 1.54) is 0 Å². The summed E-state index contributed by atoms with van der Waals surface area (Å²) < 4.78 is 5.25. The Bertz CT molecular complexity index is 670. The van der Waals surface area contributed by atoms with E-state index in [9.17, 15) is 9.90 Å². The van der Waals surface area contributed by atoms with Gasteiger partial charge in [-0.15, -0.1) is 0 Å². The highest BCUT2D eigenvalue weighted by atomic mass is 16.5. The van der Waals surface area contributed by atoms with E-state index in [2.05, 4.69) is 11.9 Å². The van der Waals surface area contributed by atoms with Crippen LogP contribution in [0.5, 0.6) is 0 Å². The number of ether oxygens (including phenoxy) is 1. The summed E-state index contributed by atoms with van der Waals surface area (Å²) in [7, 11) is 0. The molecule has 25 heavy (non-hydrogen) atoms. The molecule has 2 N–H and O–H groups in total. The van der Waals surface area contributed by atoms with Crippen molar-refractivity contribution < 1.29 is 14.6 Å². The van der Waals surface area contributed by atoms with E-state index in [0.29, 0.717) is 12.0 Å². The number of hydrogen-bond donors (Lipinski definition) is 2. The van der Waals surface area contributed by atoms with Gasteiger partial charge in [-0.05, 0) is 30.9 Å². The number of aliphatic hydroxyl groups excluding tert-OH is 1. The van der Waals surface area contributed by atoms with Gasteiger partial charge < -0.3 is 15.2 Å². The Hall–Kier alpha value is -2.59. The van der Waals surface area contributed by atoms with Crippen molar-refractivity contribution in [3.05, 3.63) is 83.9 Å². The Kier molecular flexibility index (Phi) is 7.23. The molecule has 2 aromatic rings. The second-order valence-electron chi connectivity index (χ2n) is 6.13. The molecular weight excluding hydrogens is 314 g/mol. The molecule has 0 aliphatic carbocycles.